The molecule has 1 unspecified atom stereocenters. The zero-order valence-corrected chi connectivity index (χ0v) is 12.7. The zero-order chi connectivity index (χ0) is 13.2. The van der Waals surface area contributed by atoms with Gasteiger partial charge in [0.2, 0.25) is 0 Å². The largest absolute Gasteiger partial charge is 0.379 e. The van der Waals surface area contributed by atoms with Gasteiger partial charge in [0.05, 0.1) is 0 Å². The van der Waals surface area contributed by atoms with E-state index in [-0.39, 0.29) is 0 Å². The molecule has 0 aromatic heterocycles. The fraction of sp³-hybridized carbons (Fsp3) is 0.294. The Morgan fingerprint density at radius 1 is 1.00 bits per heavy atom. The summed E-state index contributed by atoms with van der Waals surface area (Å²) in [4.78, 5) is 0. The van der Waals surface area contributed by atoms with Crippen molar-refractivity contribution in [1.29, 1.82) is 0 Å². The first kappa shape index (κ1) is 12.7. The smallest absolute Gasteiger partial charge is 0.0485 e. The highest BCUT2D eigenvalue weighted by molar-refractivity contribution is 9.10. The van der Waals surface area contributed by atoms with Crippen LogP contribution in [0.1, 0.15) is 36.1 Å². The fourth-order valence-corrected chi connectivity index (χ4v) is 3.01. The lowest BCUT2D eigenvalue weighted by Crippen LogP contribution is -2.06. The summed E-state index contributed by atoms with van der Waals surface area (Å²) in [5.74, 6) is 0. The van der Waals surface area contributed by atoms with E-state index in [1.807, 2.05) is 0 Å². The molecule has 0 bridgehead atoms. The van der Waals surface area contributed by atoms with E-state index in [2.05, 4.69) is 70.6 Å². The maximum absolute atomic E-state index is 3.59. The number of hydrogen-bond donors (Lipinski definition) is 1. The molecule has 0 aliphatic heterocycles. The second-order valence-electron chi connectivity index (χ2n) is 5.25. The van der Waals surface area contributed by atoms with Crippen LogP contribution in [0, 0.1) is 0 Å². The maximum Gasteiger partial charge on any atom is 0.0485 e. The molecule has 1 nitrogen and oxygen atoms in total. The van der Waals surface area contributed by atoms with E-state index in [0.29, 0.717) is 6.04 Å². The van der Waals surface area contributed by atoms with Gasteiger partial charge in [0.25, 0.3) is 0 Å². The molecule has 2 aromatic rings. The molecule has 3 rings (SSSR count). The number of aryl methyl sites for hydroxylation is 2. The Hall–Kier alpha value is -1.28. The van der Waals surface area contributed by atoms with Crippen LogP contribution < -0.4 is 5.32 Å². The molecule has 0 saturated carbocycles. The van der Waals surface area contributed by atoms with Gasteiger partial charge in [-0.25, -0.2) is 0 Å². The number of hydrogen-bond acceptors (Lipinski definition) is 1. The first-order valence-corrected chi connectivity index (χ1v) is 7.65. The van der Waals surface area contributed by atoms with Crippen LogP contribution in [0.25, 0.3) is 0 Å². The summed E-state index contributed by atoms with van der Waals surface area (Å²) < 4.78 is 1.13. The molecule has 0 heterocycles. The van der Waals surface area contributed by atoms with Crippen molar-refractivity contribution in [1.82, 2.24) is 0 Å². The van der Waals surface area contributed by atoms with E-state index in [4.69, 9.17) is 0 Å². The number of nitrogens with one attached hydrogen (secondary N) is 1. The summed E-state index contributed by atoms with van der Waals surface area (Å²) in [5, 5.41) is 3.59. The lowest BCUT2D eigenvalue weighted by molar-refractivity contribution is 0.883. The Labute approximate surface area is 123 Å². The van der Waals surface area contributed by atoms with Crippen LogP contribution in [0.15, 0.2) is 46.9 Å². The summed E-state index contributed by atoms with van der Waals surface area (Å²) in [6, 6.07) is 15.6. The third-order valence-corrected chi connectivity index (χ3v) is 4.38. The zero-order valence-electron chi connectivity index (χ0n) is 11.1. The van der Waals surface area contributed by atoms with E-state index >= 15 is 0 Å². The highest BCUT2D eigenvalue weighted by Gasteiger charge is 2.12. The van der Waals surface area contributed by atoms with E-state index in [1.165, 1.54) is 41.6 Å². The highest BCUT2D eigenvalue weighted by atomic mass is 79.9. The van der Waals surface area contributed by atoms with Gasteiger partial charge in [0.15, 0.2) is 0 Å². The van der Waals surface area contributed by atoms with Crippen molar-refractivity contribution in [2.45, 2.75) is 32.2 Å². The van der Waals surface area contributed by atoms with Crippen LogP contribution in [0.5, 0.6) is 0 Å². The van der Waals surface area contributed by atoms with Crippen molar-refractivity contribution in [3.8, 4) is 0 Å². The minimum Gasteiger partial charge on any atom is -0.379 e. The van der Waals surface area contributed by atoms with Crippen molar-refractivity contribution < 1.29 is 0 Å². The van der Waals surface area contributed by atoms with E-state index < -0.39 is 0 Å². The van der Waals surface area contributed by atoms with Crippen molar-refractivity contribution >= 4 is 21.6 Å². The SMILES string of the molecule is CC(Nc1ccc2c(c1)CCC2)c1ccc(Br)cc1. The normalized spacial score (nSPS) is 15.1. The molecule has 1 N–H and O–H groups in total. The Kier molecular flexibility index (Phi) is 3.61. The van der Waals surface area contributed by atoms with E-state index in [0.717, 1.165) is 4.47 Å². The van der Waals surface area contributed by atoms with Gasteiger partial charge in [-0.3, -0.25) is 0 Å². The highest BCUT2D eigenvalue weighted by Crippen LogP contribution is 2.27. The molecule has 0 amide bonds. The Morgan fingerprint density at radius 2 is 1.74 bits per heavy atom. The molecular formula is C17H18BrN. The van der Waals surface area contributed by atoms with Gasteiger partial charge < -0.3 is 5.32 Å². The van der Waals surface area contributed by atoms with Gasteiger partial charge in [0.1, 0.15) is 0 Å². The molecule has 1 aliphatic rings. The van der Waals surface area contributed by atoms with Gasteiger partial charge in [-0.2, -0.15) is 0 Å². The van der Waals surface area contributed by atoms with E-state index in [9.17, 15) is 0 Å². The topological polar surface area (TPSA) is 12.0 Å². The standard InChI is InChI=1S/C17H18BrN/c1-12(13-5-8-16(18)9-6-13)19-17-10-7-14-3-2-4-15(14)11-17/h5-12,19H,2-4H2,1H3. The first-order chi connectivity index (χ1) is 9.22. The van der Waals surface area contributed by atoms with Crippen molar-refractivity contribution in [3.63, 3.8) is 0 Å². The number of rotatable bonds is 3. The average molecular weight is 316 g/mol. The average Bonchev–Trinajstić information content (AvgIpc) is 2.87. The Balaban J connectivity index is 1.75. The molecular weight excluding hydrogens is 298 g/mol. The summed E-state index contributed by atoms with van der Waals surface area (Å²) in [7, 11) is 0. The molecule has 1 aliphatic carbocycles. The molecule has 0 saturated heterocycles. The third kappa shape index (κ3) is 2.84. The predicted molar refractivity (Wildman–Crippen MR) is 84.6 cm³/mol. The molecule has 2 heteroatoms. The second kappa shape index (κ2) is 5.38. The second-order valence-corrected chi connectivity index (χ2v) is 6.17. The van der Waals surface area contributed by atoms with Crippen molar-refractivity contribution in [3.05, 3.63) is 63.6 Å². The summed E-state index contributed by atoms with van der Waals surface area (Å²) in [5.41, 5.74) is 5.59. The van der Waals surface area contributed by atoms with Crippen molar-refractivity contribution in [2.75, 3.05) is 5.32 Å². The molecule has 2 aromatic carbocycles. The molecule has 19 heavy (non-hydrogen) atoms. The number of halogens is 1. The van der Waals surface area contributed by atoms with Crippen LogP contribution in [0.2, 0.25) is 0 Å². The van der Waals surface area contributed by atoms with Gasteiger partial charge in [-0.1, -0.05) is 34.1 Å². The van der Waals surface area contributed by atoms with Gasteiger partial charge in [-0.05, 0) is 67.1 Å². The minimum atomic E-state index is 0.326. The van der Waals surface area contributed by atoms with Crippen LogP contribution in [0.3, 0.4) is 0 Å². The lowest BCUT2D eigenvalue weighted by atomic mass is 10.1. The molecule has 1 atom stereocenters. The molecule has 0 radical (unpaired) electrons. The number of fused-ring (bicyclic) bond motifs is 1. The Bertz CT molecular complexity index is 574. The van der Waals surface area contributed by atoms with Gasteiger partial charge >= 0.3 is 0 Å². The Morgan fingerprint density at radius 3 is 2.53 bits per heavy atom. The van der Waals surface area contributed by atoms with Crippen molar-refractivity contribution in [2.24, 2.45) is 0 Å². The number of anilines is 1. The van der Waals surface area contributed by atoms with Gasteiger partial charge in [0, 0.05) is 16.2 Å². The van der Waals surface area contributed by atoms with E-state index in [1.54, 1.807) is 0 Å². The van der Waals surface area contributed by atoms with Crippen LogP contribution in [0.4, 0.5) is 5.69 Å². The third-order valence-electron chi connectivity index (χ3n) is 3.85. The summed E-state index contributed by atoms with van der Waals surface area (Å²) >= 11 is 3.47. The number of benzene rings is 2. The summed E-state index contributed by atoms with van der Waals surface area (Å²) in [6.45, 7) is 2.20. The molecule has 0 fully saturated rings. The quantitative estimate of drug-likeness (QED) is 0.829. The van der Waals surface area contributed by atoms with Crippen LogP contribution in [-0.2, 0) is 12.8 Å². The van der Waals surface area contributed by atoms with Crippen LogP contribution in [-0.4, -0.2) is 0 Å². The predicted octanol–water partition coefficient (Wildman–Crippen LogP) is 5.11. The maximum atomic E-state index is 3.59. The molecule has 0 spiro atoms. The first-order valence-electron chi connectivity index (χ1n) is 6.86. The summed E-state index contributed by atoms with van der Waals surface area (Å²) in [6.07, 6.45) is 3.79. The molecule has 98 valence electrons. The van der Waals surface area contributed by atoms with Gasteiger partial charge in [-0.15, -0.1) is 0 Å². The monoisotopic (exact) mass is 315 g/mol. The minimum absolute atomic E-state index is 0.326. The fourth-order valence-electron chi connectivity index (χ4n) is 2.75. The lowest BCUT2D eigenvalue weighted by Gasteiger charge is -2.16. The van der Waals surface area contributed by atoms with Crippen LogP contribution >= 0.6 is 15.9 Å².